The highest BCUT2D eigenvalue weighted by molar-refractivity contribution is 6.35. The summed E-state index contributed by atoms with van der Waals surface area (Å²) >= 11 is 0. The maximum atomic E-state index is 5.89. The van der Waals surface area contributed by atoms with Crippen LogP contribution in [0, 0.1) is 6.92 Å². The van der Waals surface area contributed by atoms with E-state index in [4.69, 9.17) is 18.3 Å². The van der Waals surface area contributed by atoms with Crippen LogP contribution in [0.2, 0.25) is 0 Å². The van der Waals surface area contributed by atoms with Gasteiger partial charge in [-0.15, -0.1) is 0 Å². The lowest BCUT2D eigenvalue weighted by molar-refractivity contribution is 0.415. The van der Waals surface area contributed by atoms with Gasteiger partial charge in [0.2, 0.25) is 0 Å². The Morgan fingerprint density at radius 2 is 2.21 bits per heavy atom. The van der Waals surface area contributed by atoms with Crippen LogP contribution in [0.15, 0.2) is 11.1 Å². The molecule has 1 rings (SSSR count). The van der Waals surface area contributed by atoms with E-state index in [9.17, 15) is 0 Å². The summed E-state index contributed by atoms with van der Waals surface area (Å²) in [6, 6.07) is 1.76. The molecule has 0 fully saturated rings. The summed E-state index contributed by atoms with van der Waals surface area (Å²) in [6.45, 7) is 1.87. The predicted molar refractivity (Wildman–Crippen MR) is 61.0 cm³/mol. The zero-order valence-corrected chi connectivity index (χ0v) is 8.66. The summed E-state index contributed by atoms with van der Waals surface area (Å²) in [5.74, 6) is 0.635. The molecule has 0 aliphatic rings. The van der Waals surface area contributed by atoms with Crippen molar-refractivity contribution in [1.29, 1.82) is 0 Å². The minimum Gasteiger partial charge on any atom is -0.497 e. The van der Waals surface area contributed by atoms with E-state index >= 15 is 0 Å². The van der Waals surface area contributed by atoms with E-state index in [0.29, 0.717) is 16.9 Å². The Hall–Kier alpha value is -1.45. The van der Waals surface area contributed by atoms with Crippen LogP contribution >= 0.6 is 0 Å². The molecule has 4 heteroatoms. The Morgan fingerprint density at radius 3 is 2.71 bits per heavy atom. The third-order valence-electron chi connectivity index (χ3n) is 2.10. The van der Waals surface area contributed by atoms with Gasteiger partial charge >= 0.3 is 0 Å². The molecule has 0 aromatic heterocycles. The summed E-state index contributed by atoms with van der Waals surface area (Å²) in [5, 5.41) is 0. The van der Waals surface area contributed by atoms with Crippen molar-refractivity contribution in [3.8, 4) is 5.75 Å². The lowest BCUT2D eigenvalue weighted by Crippen LogP contribution is -2.13. The van der Waals surface area contributed by atoms with Gasteiger partial charge in [-0.25, -0.2) is 0 Å². The topological polar surface area (TPSA) is 47.6 Å². The van der Waals surface area contributed by atoms with Crippen LogP contribution in [0.5, 0.6) is 5.75 Å². The van der Waals surface area contributed by atoms with Gasteiger partial charge in [0.05, 0.1) is 7.11 Å². The molecule has 72 valence electrons. The summed E-state index contributed by atoms with van der Waals surface area (Å²) < 4.78 is 5.14. The van der Waals surface area contributed by atoms with Crippen molar-refractivity contribution in [2.45, 2.75) is 6.92 Å². The average molecular weight is 188 g/mol. The first-order chi connectivity index (χ1) is 6.61. The summed E-state index contributed by atoms with van der Waals surface area (Å²) in [6.07, 6.45) is 1.68. The van der Waals surface area contributed by atoms with Gasteiger partial charge in [0, 0.05) is 30.1 Å². The second kappa shape index (κ2) is 4.18. The third-order valence-corrected chi connectivity index (χ3v) is 2.10. The minimum absolute atomic E-state index is 0.578. The molecule has 0 amide bonds. The molecule has 0 spiro atoms. The minimum atomic E-state index is 0.578. The average Bonchev–Trinajstić information content (AvgIpc) is 2.15. The van der Waals surface area contributed by atoms with Gasteiger partial charge in [0.15, 0.2) is 0 Å². The van der Waals surface area contributed by atoms with E-state index in [0.717, 1.165) is 11.1 Å². The number of nitrogens with zero attached hydrogens (tertiary/aromatic N) is 1. The number of hydrogen-bond donors (Lipinski definition) is 1. The SMILES string of the molecule is [B]c1cc(C=NC)c(N)c(C)c1OC. The van der Waals surface area contributed by atoms with E-state index in [1.807, 2.05) is 6.92 Å². The van der Waals surface area contributed by atoms with E-state index in [1.165, 1.54) is 0 Å². The monoisotopic (exact) mass is 188 g/mol. The standard InChI is InChI=1S/C10H13BN2O/c1-6-9(12)7(5-13-2)4-8(11)10(6)14-3/h4-5H,12H2,1-3H3. The Labute approximate surface area is 85.4 Å². The fourth-order valence-electron chi connectivity index (χ4n) is 1.38. The molecular weight excluding hydrogens is 175 g/mol. The van der Waals surface area contributed by atoms with Gasteiger partial charge < -0.3 is 10.5 Å². The van der Waals surface area contributed by atoms with Crippen molar-refractivity contribution in [2.24, 2.45) is 4.99 Å². The number of benzene rings is 1. The van der Waals surface area contributed by atoms with E-state index in [-0.39, 0.29) is 0 Å². The molecule has 2 radical (unpaired) electrons. The van der Waals surface area contributed by atoms with Crippen molar-refractivity contribution < 1.29 is 4.74 Å². The lowest BCUT2D eigenvalue weighted by Gasteiger charge is -2.13. The van der Waals surface area contributed by atoms with E-state index < -0.39 is 0 Å². The van der Waals surface area contributed by atoms with Gasteiger partial charge in [0.1, 0.15) is 13.6 Å². The highest BCUT2D eigenvalue weighted by atomic mass is 16.5. The number of rotatable bonds is 2. The normalized spacial score (nSPS) is 10.8. The summed E-state index contributed by atoms with van der Waals surface area (Å²) in [4.78, 5) is 3.90. The fraction of sp³-hybridized carbons (Fsp3) is 0.300. The number of aliphatic imine (C=N–C) groups is 1. The maximum absolute atomic E-state index is 5.89. The largest absolute Gasteiger partial charge is 0.497 e. The zero-order chi connectivity index (χ0) is 10.7. The van der Waals surface area contributed by atoms with E-state index in [1.54, 1.807) is 26.4 Å². The second-order valence-electron chi connectivity index (χ2n) is 3.01. The Bertz CT molecular complexity index is 375. The molecule has 14 heavy (non-hydrogen) atoms. The Morgan fingerprint density at radius 1 is 1.57 bits per heavy atom. The van der Waals surface area contributed by atoms with Gasteiger partial charge in [-0.05, 0) is 6.92 Å². The fourth-order valence-corrected chi connectivity index (χ4v) is 1.38. The smallest absolute Gasteiger partial charge is 0.119 e. The van der Waals surface area contributed by atoms with Crippen LogP contribution < -0.4 is 15.9 Å². The summed E-state index contributed by atoms with van der Waals surface area (Å²) in [7, 11) is 9.05. The van der Waals surface area contributed by atoms with Crippen molar-refractivity contribution in [3.63, 3.8) is 0 Å². The van der Waals surface area contributed by atoms with E-state index in [2.05, 4.69) is 4.99 Å². The first-order valence-electron chi connectivity index (χ1n) is 4.26. The molecule has 1 aromatic carbocycles. The number of anilines is 1. The van der Waals surface area contributed by atoms with Gasteiger partial charge in [-0.1, -0.05) is 11.5 Å². The van der Waals surface area contributed by atoms with Gasteiger partial charge in [-0.2, -0.15) is 0 Å². The number of methoxy groups -OCH3 is 1. The number of hydrogen-bond acceptors (Lipinski definition) is 3. The first-order valence-corrected chi connectivity index (χ1v) is 4.26. The number of ether oxygens (including phenoxy) is 1. The van der Waals surface area contributed by atoms with Gasteiger partial charge in [0.25, 0.3) is 0 Å². The lowest BCUT2D eigenvalue weighted by atomic mass is 9.90. The molecule has 0 unspecified atom stereocenters. The molecular formula is C10H13BN2O. The molecule has 3 nitrogen and oxygen atoms in total. The Kier molecular flexibility index (Phi) is 3.17. The number of nitrogen functional groups attached to an aromatic ring is 1. The predicted octanol–water partition coefficient (Wildman–Crippen LogP) is 0.428. The van der Waals surface area contributed by atoms with Crippen LogP contribution in [-0.2, 0) is 0 Å². The van der Waals surface area contributed by atoms with Crippen LogP contribution in [0.25, 0.3) is 0 Å². The molecule has 0 saturated heterocycles. The molecule has 0 atom stereocenters. The first kappa shape index (κ1) is 10.6. The molecule has 0 aliphatic carbocycles. The second-order valence-corrected chi connectivity index (χ2v) is 3.01. The molecule has 0 heterocycles. The van der Waals surface area contributed by atoms with Crippen molar-refractivity contribution in [2.75, 3.05) is 19.9 Å². The highest BCUT2D eigenvalue weighted by Gasteiger charge is 2.09. The van der Waals surface area contributed by atoms with Crippen LogP contribution in [0.4, 0.5) is 5.69 Å². The van der Waals surface area contributed by atoms with Crippen molar-refractivity contribution in [1.82, 2.24) is 0 Å². The van der Waals surface area contributed by atoms with Gasteiger partial charge in [-0.3, -0.25) is 4.99 Å². The van der Waals surface area contributed by atoms with Crippen LogP contribution in [0.1, 0.15) is 11.1 Å². The highest BCUT2D eigenvalue weighted by Crippen LogP contribution is 2.23. The quantitative estimate of drug-likeness (QED) is 0.415. The Balaban J connectivity index is 3.39. The van der Waals surface area contributed by atoms with Crippen molar-refractivity contribution >= 4 is 25.2 Å². The van der Waals surface area contributed by atoms with Crippen LogP contribution in [0.3, 0.4) is 0 Å². The molecule has 0 saturated carbocycles. The molecule has 2 N–H and O–H groups in total. The third kappa shape index (κ3) is 1.74. The van der Waals surface area contributed by atoms with Crippen molar-refractivity contribution in [3.05, 3.63) is 17.2 Å². The molecule has 0 aliphatic heterocycles. The molecule has 0 bridgehead atoms. The zero-order valence-electron chi connectivity index (χ0n) is 8.66. The molecule has 1 aromatic rings. The maximum Gasteiger partial charge on any atom is 0.119 e. The number of nitrogens with two attached hydrogens (primary N) is 1. The van der Waals surface area contributed by atoms with Crippen LogP contribution in [-0.4, -0.2) is 28.2 Å². The summed E-state index contributed by atoms with van der Waals surface area (Å²) in [5.41, 5.74) is 8.79.